The van der Waals surface area contributed by atoms with Crippen molar-refractivity contribution in [1.29, 1.82) is 0 Å². The Morgan fingerprint density at radius 1 is 1.02 bits per heavy atom. The maximum Gasteiger partial charge on any atom is 0.407 e. The van der Waals surface area contributed by atoms with Crippen LogP contribution in [0.3, 0.4) is 0 Å². The molecule has 0 bridgehead atoms. The summed E-state index contributed by atoms with van der Waals surface area (Å²) in [5, 5.41) is 24.2. The fourth-order valence-electron chi connectivity index (χ4n) is 6.85. The third-order valence-corrected chi connectivity index (χ3v) is 10.5. The fraction of sp³-hybridized carbons (Fsp3) is 0.324. The van der Waals surface area contributed by atoms with Crippen LogP contribution in [0.4, 0.5) is 4.79 Å². The number of rotatable bonds is 12. The first-order valence-electron chi connectivity index (χ1n) is 17.3. The second-order valence-corrected chi connectivity index (χ2v) is 14.0. The average molecular weight is 775 g/mol. The molecule has 17 heteroatoms. The number of ether oxygens (including phenoxy) is 1. The molecule has 3 amide bonds. The van der Waals surface area contributed by atoms with Crippen molar-refractivity contribution in [1.82, 2.24) is 45.0 Å². The standard InChI is InChI=1S/C37H37Cl2N9O6/c1-46-29(16-40-15-22-7-10-30(49)42-22)45-48-18-21(14-28(48)36(46)51)34-33(39)25(12-13-41-34)24-4-3-5-26(32(24)38)27-9-6-20(35(44-27)54-2)17-47(37(52)53)19-23-8-11-31(50)43-23/h3-6,9,12-14,18,22-23,40H,7-8,10-11,15-17,19H2,1-2H3,(H,42,49)(H,43,50)(H,52,53)/t22-,23-/m0/s1. The van der Waals surface area contributed by atoms with Crippen molar-refractivity contribution in [3.05, 3.63) is 86.6 Å². The molecule has 4 aromatic heterocycles. The van der Waals surface area contributed by atoms with Gasteiger partial charge in [-0.2, -0.15) is 5.10 Å². The molecule has 0 radical (unpaired) electrons. The molecule has 7 rings (SSSR count). The second kappa shape index (κ2) is 15.5. The van der Waals surface area contributed by atoms with Crippen LogP contribution in [0, 0.1) is 0 Å². The van der Waals surface area contributed by atoms with Crippen molar-refractivity contribution in [3.8, 4) is 39.5 Å². The molecule has 15 nitrogen and oxygen atoms in total. The minimum absolute atomic E-state index is 0.0114. The maximum absolute atomic E-state index is 13.4. The topological polar surface area (TPSA) is 185 Å². The van der Waals surface area contributed by atoms with Crippen molar-refractivity contribution in [2.24, 2.45) is 7.05 Å². The van der Waals surface area contributed by atoms with Crippen LogP contribution in [-0.2, 0) is 29.7 Å². The number of halogens is 2. The van der Waals surface area contributed by atoms with Gasteiger partial charge in [0.2, 0.25) is 17.7 Å². The summed E-state index contributed by atoms with van der Waals surface area (Å²) in [5.41, 5.74) is 4.00. The van der Waals surface area contributed by atoms with Gasteiger partial charge in [0.1, 0.15) is 11.3 Å². The minimum atomic E-state index is -1.12. The van der Waals surface area contributed by atoms with Crippen molar-refractivity contribution in [3.63, 3.8) is 0 Å². The molecule has 280 valence electrons. The molecule has 2 saturated heterocycles. The van der Waals surface area contributed by atoms with Gasteiger partial charge in [0.05, 0.1) is 41.6 Å². The molecule has 0 unspecified atom stereocenters. The number of hydrogen-bond acceptors (Lipinski definition) is 9. The first kappa shape index (κ1) is 36.8. The van der Waals surface area contributed by atoms with Crippen LogP contribution >= 0.6 is 23.2 Å². The van der Waals surface area contributed by atoms with E-state index in [4.69, 9.17) is 27.9 Å². The normalized spacial score (nSPS) is 16.8. The van der Waals surface area contributed by atoms with E-state index in [9.17, 15) is 24.3 Å². The van der Waals surface area contributed by atoms with Crippen LogP contribution in [0.1, 0.15) is 37.1 Å². The highest BCUT2D eigenvalue weighted by atomic mass is 35.5. The maximum atomic E-state index is 13.4. The van der Waals surface area contributed by atoms with Crippen molar-refractivity contribution in [2.75, 3.05) is 20.2 Å². The van der Waals surface area contributed by atoms with Crippen LogP contribution in [0.5, 0.6) is 5.88 Å². The number of carbonyl (C=O) groups is 3. The van der Waals surface area contributed by atoms with Crippen molar-refractivity contribution < 1.29 is 24.2 Å². The molecule has 0 aliphatic carbocycles. The van der Waals surface area contributed by atoms with Crippen LogP contribution in [-0.4, -0.2) is 84.3 Å². The zero-order chi connectivity index (χ0) is 38.1. The van der Waals surface area contributed by atoms with Gasteiger partial charge in [-0.15, -0.1) is 0 Å². The van der Waals surface area contributed by atoms with Gasteiger partial charge < -0.3 is 30.7 Å². The Morgan fingerprint density at radius 2 is 1.74 bits per heavy atom. The third-order valence-electron chi connectivity index (χ3n) is 9.71. The molecular formula is C37H37Cl2N9O6. The van der Waals surface area contributed by atoms with E-state index in [-0.39, 0.29) is 48.4 Å². The summed E-state index contributed by atoms with van der Waals surface area (Å²) in [6, 6.07) is 12.2. The van der Waals surface area contributed by atoms with Crippen LogP contribution in [0.25, 0.3) is 39.2 Å². The van der Waals surface area contributed by atoms with Gasteiger partial charge in [0.25, 0.3) is 5.56 Å². The summed E-state index contributed by atoms with van der Waals surface area (Å²) >= 11 is 14.1. The number of amides is 3. The number of hydrogen-bond donors (Lipinski definition) is 4. The number of nitrogens with one attached hydrogen (secondary N) is 3. The Kier molecular flexibility index (Phi) is 10.5. The molecule has 2 aliphatic rings. The highest BCUT2D eigenvalue weighted by Crippen LogP contribution is 2.42. The Labute approximate surface area is 319 Å². The molecule has 2 atom stereocenters. The lowest BCUT2D eigenvalue weighted by Gasteiger charge is -2.23. The van der Waals surface area contributed by atoms with Crippen LogP contribution < -0.4 is 26.2 Å². The molecule has 0 spiro atoms. The van der Waals surface area contributed by atoms with Gasteiger partial charge in [-0.25, -0.2) is 14.3 Å². The molecule has 5 aromatic rings. The second-order valence-electron chi connectivity index (χ2n) is 13.3. The highest BCUT2D eigenvalue weighted by Gasteiger charge is 2.27. The first-order valence-corrected chi connectivity index (χ1v) is 18.1. The largest absolute Gasteiger partial charge is 0.481 e. The lowest BCUT2D eigenvalue weighted by atomic mass is 10.00. The Hall–Kier alpha value is -5.51. The first-order chi connectivity index (χ1) is 26.0. The van der Waals surface area contributed by atoms with Gasteiger partial charge in [-0.1, -0.05) is 41.4 Å². The Morgan fingerprint density at radius 3 is 2.44 bits per heavy atom. The number of carbonyl (C=O) groups excluding carboxylic acids is 2. The number of aromatic nitrogens is 5. The predicted molar refractivity (Wildman–Crippen MR) is 201 cm³/mol. The zero-order valence-corrected chi connectivity index (χ0v) is 30.9. The van der Waals surface area contributed by atoms with Crippen LogP contribution in [0.2, 0.25) is 10.0 Å². The highest BCUT2D eigenvalue weighted by molar-refractivity contribution is 6.39. The summed E-state index contributed by atoms with van der Waals surface area (Å²) in [7, 11) is 3.13. The third kappa shape index (κ3) is 7.47. The minimum Gasteiger partial charge on any atom is -0.481 e. The van der Waals surface area contributed by atoms with Gasteiger partial charge in [-0.05, 0) is 37.1 Å². The molecular weight excluding hydrogens is 737 g/mol. The zero-order valence-electron chi connectivity index (χ0n) is 29.4. The summed E-state index contributed by atoms with van der Waals surface area (Å²) < 4.78 is 8.60. The number of fused-ring (bicyclic) bond motifs is 1. The van der Waals surface area contributed by atoms with Gasteiger partial charge in [-0.3, -0.25) is 23.9 Å². The average Bonchev–Trinajstić information content (AvgIpc) is 3.90. The number of nitrogens with zero attached hydrogens (tertiary/aromatic N) is 6. The fourth-order valence-corrected chi connectivity index (χ4v) is 7.50. The summed E-state index contributed by atoms with van der Waals surface area (Å²) in [4.78, 5) is 59.1. The quantitative estimate of drug-likeness (QED) is 0.143. The van der Waals surface area contributed by atoms with Crippen molar-refractivity contribution in [2.45, 2.75) is 50.9 Å². The van der Waals surface area contributed by atoms with Crippen molar-refractivity contribution >= 4 is 46.6 Å². The molecule has 0 saturated carbocycles. The summed E-state index contributed by atoms with van der Waals surface area (Å²) in [5.74, 6) is 0.710. The molecule has 1 aromatic carbocycles. The lowest BCUT2D eigenvalue weighted by Crippen LogP contribution is -2.41. The number of carboxylic acid groups (broad SMARTS) is 1. The Balaban J connectivity index is 1.14. The van der Waals surface area contributed by atoms with E-state index in [1.807, 2.05) is 18.2 Å². The Bertz CT molecular complexity index is 2350. The van der Waals surface area contributed by atoms with Gasteiger partial charge in [0.15, 0.2) is 0 Å². The van der Waals surface area contributed by atoms with Crippen LogP contribution in [0.15, 0.2) is 59.7 Å². The summed E-state index contributed by atoms with van der Waals surface area (Å²) in [6.07, 6.45) is 4.42. The van der Waals surface area contributed by atoms with E-state index in [2.05, 4.69) is 31.0 Å². The predicted octanol–water partition coefficient (Wildman–Crippen LogP) is 4.27. The SMILES string of the molecule is COc1nc(-c2cccc(-c3ccnc(-c4cc5c(=O)n(C)c(CNC[C@@H]6CCC(=O)N6)nn5c4)c3Cl)c2Cl)ccc1CN(C[C@@H]1CCC(=O)N1)C(=O)O. The number of pyridine rings is 2. The van der Waals surface area contributed by atoms with E-state index in [0.717, 1.165) is 6.42 Å². The molecule has 54 heavy (non-hydrogen) atoms. The monoisotopic (exact) mass is 773 g/mol. The van der Waals surface area contributed by atoms with E-state index in [1.54, 1.807) is 43.7 Å². The van der Waals surface area contributed by atoms with E-state index >= 15 is 0 Å². The van der Waals surface area contributed by atoms with E-state index < -0.39 is 6.09 Å². The van der Waals surface area contributed by atoms with E-state index in [1.165, 1.54) is 21.1 Å². The summed E-state index contributed by atoms with van der Waals surface area (Å²) in [6.45, 7) is 1.05. The smallest absolute Gasteiger partial charge is 0.407 e. The molecule has 2 aliphatic heterocycles. The molecule has 2 fully saturated rings. The van der Waals surface area contributed by atoms with E-state index in [0.29, 0.717) is 92.9 Å². The lowest BCUT2D eigenvalue weighted by molar-refractivity contribution is -0.120. The molecule has 6 heterocycles. The van der Waals surface area contributed by atoms with Gasteiger partial charge >= 0.3 is 6.09 Å². The number of methoxy groups -OCH3 is 1. The van der Waals surface area contributed by atoms with Gasteiger partial charge in [0, 0.05) is 85.3 Å². The molecule has 4 N–H and O–H groups in total. The number of benzene rings is 1.